The van der Waals surface area contributed by atoms with Crippen molar-refractivity contribution in [3.63, 3.8) is 0 Å². The van der Waals surface area contributed by atoms with Gasteiger partial charge in [0.05, 0.1) is 0 Å². The quantitative estimate of drug-likeness (QED) is 0.455. The molecule has 0 unspecified atom stereocenters. The molecule has 1 rings (SSSR count). The lowest BCUT2D eigenvalue weighted by molar-refractivity contribution is -0.122. The summed E-state index contributed by atoms with van der Waals surface area (Å²) in [7, 11) is 0. The highest BCUT2D eigenvalue weighted by Crippen LogP contribution is 2.28. The van der Waals surface area contributed by atoms with Crippen molar-refractivity contribution in [2.24, 2.45) is 5.92 Å². The minimum absolute atomic E-state index is 0.0269. The number of alkyl halides is 1. The van der Waals surface area contributed by atoms with Crippen LogP contribution in [0, 0.1) is 5.92 Å². The molecule has 6 nitrogen and oxygen atoms in total. The third-order valence-electron chi connectivity index (χ3n) is 2.03. The molecule has 0 bridgehead atoms. The number of carbonyl (C=O) groups excluding carboxylic acids is 3. The first-order valence-corrected chi connectivity index (χ1v) is 5.58. The highest BCUT2D eigenvalue weighted by atomic mass is 35.5. The van der Waals surface area contributed by atoms with Crippen LogP contribution in [0.3, 0.4) is 0 Å². The fourth-order valence-corrected chi connectivity index (χ4v) is 1.12. The minimum atomic E-state index is -0.605. The molecule has 0 heterocycles. The number of hydrogen-bond donors (Lipinski definition) is 3. The van der Waals surface area contributed by atoms with E-state index in [1.807, 2.05) is 5.32 Å². The van der Waals surface area contributed by atoms with Crippen LogP contribution in [0.1, 0.15) is 12.8 Å². The Bertz CT molecular complexity index is 292. The molecule has 16 heavy (non-hydrogen) atoms. The van der Waals surface area contributed by atoms with E-state index in [1.54, 1.807) is 0 Å². The number of amides is 4. The van der Waals surface area contributed by atoms with Gasteiger partial charge >= 0.3 is 6.03 Å². The van der Waals surface area contributed by atoms with Crippen molar-refractivity contribution < 1.29 is 14.4 Å². The number of carbonyl (C=O) groups is 3. The first-order valence-electron chi connectivity index (χ1n) is 5.05. The lowest BCUT2D eigenvalue weighted by Gasteiger charge is -2.06. The Morgan fingerprint density at radius 3 is 2.31 bits per heavy atom. The molecule has 1 aliphatic rings. The minimum Gasteiger partial charge on any atom is -0.354 e. The van der Waals surface area contributed by atoms with E-state index in [0.717, 1.165) is 12.8 Å². The highest BCUT2D eigenvalue weighted by molar-refractivity contribution is 6.28. The van der Waals surface area contributed by atoms with Crippen LogP contribution in [-0.2, 0) is 9.59 Å². The fourth-order valence-electron chi connectivity index (χ4n) is 1.06. The Hall–Kier alpha value is -1.30. The van der Waals surface area contributed by atoms with Crippen molar-refractivity contribution in [3.05, 3.63) is 0 Å². The monoisotopic (exact) mass is 247 g/mol. The Morgan fingerprint density at radius 1 is 1.12 bits per heavy atom. The lowest BCUT2D eigenvalue weighted by Crippen LogP contribution is -2.43. The van der Waals surface area contributed by atoms with Gasteiger partial charge in [0.1, 0.15) is 5.88 Å². The molecule has 0 radical (unpaired) electrons. The number of imide groups is 1. The molecule has 0 atom stereocenters. The Balaban J connectivity index is 1.99. The maximum atomic E-state index is 11.2. The molecule has 0 saturated heterocycles. The van der Waals surface area contributed by atoms with Crippen LogP contribution in [0.2, 0.25) is 0 Å². The van der Waals surface area contributed by atoms with Gasteiger partial charge in [0.25, 0.3) is 0 Å². The average Bonchev–Trinajstić information content (AvgIpc) is 3.07. The van der Waals surface area contributed by atoms with E-state index in [0.29, 0.717) is 6.54 Å². The van der Waals surface area contributed by atoms with Gasteiger partial charge in [-0.1, -0.05) is 0 Å². The summed E-state index contributed by atoms with van der Waals surface area (Å²) in [6.45, 7) is 0.637. The molecule has 1 saturated carbocycles. The zero-order chi connectivity index (χ0) is 12.0. The summed E-state index contributed by atoms with van der Waals surface area (Å²) < 4.78 is 0. The van der Waals surface area contributed by atoms with E-state index in [9.17, 15) is 14.4 Å². The van der Waals surface area contributed by atoms with E-state index in [-0.39, 0.29) is 24.2 Å². The molecule has 4 amide bonds. The van der Waals surface area contributed by atoms with Crippen LogP contribution in [0.5, 0.6) is 0 Å². The molecule has 0 spiro atoms. The summed E-state index contributed by atoms with van der Waals surface area (Å²) in [6, 6.07) is -0.605. The Kier molecular flexibility index (Phi) is 5.04. The molecule has 1 fully saturated rings. The first kappa shape index (κ1) is 12.8. The van der Waals surface area contributed by atoms with Gasteiger partial charge in [-0.2, -0.15) is 0 Å². The first-order chi connectivity index (χ1) is 7.63. The second-order valence-electron chi connectivity index (χ2n) is 3.50. The molecule has 7 heteroatoms. The summed E-state index contributed by atoms with van der Waals surface area (Å²) in [5.74, 6) is -0.627. The number of nitrogens with one attached hydrogen (secondary N) is 3. The maximum Gasteiger partial charge on any atom is 0.321 e. The Labute approximate surface area is 98.1 Å². The SMILES string of the molecule is O=C(CCl)NC(=O)NCCNC(=O)C1CC1. The van der Waals surface area contributed by atoms with Crippen molar-refractivity contribution >= 4 is 29.4 Å². The maximum absolute atomic E-state index is 11.2. The van der Waals surface area contributed by atoms with Crippen molar-refractivity contribution in [2.75, 3.05) is 19.0 Å². The third-order valence-corrected chi connectivity index (χ3v) is 2.27. The molecule has 1 aliphatic carbocycles. The average molecular weight is 248 g/mol. The van der Waals surface area contributed by atoms with Crippen LogP contribution in [0.4, 0.5) is 4.79 Å². The van der Waals surface area contributed by atoms with Gasteiger partial charge in [-0.15, -0.1) is 11.6 Å². The van der Waals surface area contributed by atoms with Gasteiger partial charge in [0, 0.05) is 19.0 Å². The van der Waals surface area contributed by atoms with Gasteiger partial charge < -0.3 is 10.6 Å². The van der Waals surface area contributed by atoms with E-state index in [2.05, 4.69) is 10.6 Å². The largest absolute Gasteiger partial charge is 0.354 e. The standard InChI is InChI=1S/C9H14ClN3O3/c10-5-7(14)13-9(16)12-4-3-11-8(15)6-1-2-6/h6H,1-5H2,(H,11,15)(H2,12,13,14,16). The number of hydrogen-bond acceptors (Lipinski definition) is 3. The molecule has 0 aromatic heterocycles. The summed E-state index contributed by atoms with van der Waals surface area (Å²) in [4.78, 5) is 32.8. The second kappa shape index (κ2) is 6.32. The van der Waals surface area contributed by atoms with E-state index < -0.39 is 11.9 Å². The van der Waals surface area contributed by atoms with Crippen LogP contribution in [-0.4, -0.2) is 36.8 Å². The van der Waals surface area contributed by atoms with Gasteiger partial charge in [-0.3, -0.25) is 14.9 Å². The molecular formula is C9H14ClN3O3. The molecular weight excluding hydrogens is 234 g/mol. The second-order valence-corrected chi connectivity index (χ2v) is 3.77. The van der Waals surface area contributed by atoms with Gasteiger partial charge in [-0.25, -0.2) is 4.79 Å². The smallest absolute Gasteiger partial charge is 0.321 e. The number of rotatable bonds is 5. The summed E-state index contributed by atoms with van der Waals surface area (Å²) in [6.07, 6.45) is 1.90. The number of urea groups is 1. The fraction of sp³-hybridized carbons (Fsp3) is 0.667. The van der Waals surface area contributed by atoms with Gasteiger partial charge in [-0.05, 0) is 12.8 Å². The lowest BCUT2D eigenvalue weighted by atomic mass is 10.4. The van der Waals surface area contributed by atoms with Crippen molar-refractivity contribution in [3.8, 4) is 0 Å². The molecule has 3 N–H and O–H groups in total. The zero-order valence-corrected chi connectivity index (χ0v) is 9.47. The van der Waals surface area contributed by atoms with Crippen LogP contribution in [0.25, 0.3) is 0 Å². The molecule has 90 valence electrons. The van der Waals surface area contributed by atoms with Crippen LogP contribution < -0.4 is 16.0 Å². The normalized spacial score (nSPS) is 14.1. The topological polar surface area (TPSA) is 87.3 Å². The molecule has 0 aromatic rings. The predicted octanol–water partition coefficient (Wildman–Crippen LogP) is -0.423. The van der Waals surface area contributed by atoms with Crippen molar-refractivity contribution in [1.82, 2.24) is 16.0 Å². The van der Waals surface area contributed by atoms with Crippen LogP contribution >= 0.6 is 11.6 Å². The zero-order valence-electron chi connectivity index (χ0n) is 8.72. The summed E-state index contributed by atoms with van der Waals surface area (Å²) >= 11 is 5.19. The third kappa shape index (κ3) is 4.97. The Morgan fingerprint density at radius 2 is 1.75 bits per heavy atom. The van der Waals surface area contributed by atoms with E-state index in [1.165, 1.54) is 0 Å². The van der Waals surface area contributed by atoms with Gasteiger partial charge in [0.2, 0.25) is 11.8 Å². The summed E-state index contributed by atoms with van der Waals surface area (Å²) in [5, 5.41) is 7.11. The molecule has 0 aromatic carbocycles. The van der Waals surface area contributed by atoms with E-state index in [4.69, 9.17) is 11.6 Å². The van der Waals surface area contributed by atoms with Gasteiger partial charge in [0.15, 0.2) is 0 Å². The van der Waals surface area contributed by atoms with Crippen LogP contribution in [0.15, 0.2) is 0 Å². The summed E-state index contributed by atoms with van der Waals surface area (Å²) in [5.41, 5.74) is 0. The predicted molar refractivity (Wildman–Crippen MR) is 58.0 cm³/mol. The number of halogens is 1. The van der Waals surface area contributed by atoms with Crippen molar-refractivity contribution in [1.29, 1.82) is 0 Å². The van der Waals surface area contributed by atoms with Crippen molar-refractivity contribution in [2.45, 2.75) is 12.8 Å². The van der Waals surface area contributed by atoms with E-state index >= 15 is 0 Å². The highest BCUT2D eigenvalue weighted by Gasteiger charge is 2.28. The molecule has 0 aliphatic heterocycles.